The van der Waals surface area contributed by atoms with Gasteiger partial charge in [-0.05, 0) is 46.8 Å². The van der Waals surface area contributed by atoms with E-state index in [9.17, 15) is 4.79 Å². The molecule has 7 heteroatoms. The summed E-state index contributed by atoms with van der Waals surface area (Å²) in [7, 11) is -4.41. The van der Waals surface area contributed by atoms with E-state index in [0.29, 0.717) is 38.7 Å². The van der Waals surface area contributed by atoms with Crippen molar-refractivity contribution in [2.24, 2.45) is 0 Å². The number of carbonyl (C=O) groups excluding carboxylic acids is 1. The first-order valence-electron chi connectivity index (χ1n) is 7.42. The largest absolute Gasteiger partial charge is 0.520 e. The van der Waals surface area contributed by atoms with Gasteiger partial charge in [-0.1, -0.05) is 0 Å². The molecule has 0 fully saturated rings. The summed E-state index contributed by atoms with van der Waals surface area (Å²) in [6.07, 6.45) is 1.07. The first-order chi connectivity index (χ1) is 9.28. The standard InChI is InChI=1S/C13H30O5Si2/c1-7-15-20(16-8-2,17-9-3)12-10-11-13(14)18-19(4,5)6/h7-12H2,1-6H3. The smallest absolute Gasteiger partial charge is 0.500 e. The van der Waals surface area contributed by atoms with Crippen LogP contribution in [0.1, 0.15) is 33.6 Å². The van der Waals surface area contributed by atoms with Crippen LogP contribution in [0.4, 0.5) is 0 Å². The van der Waals surface area contributed by atoms with Crippen molar-refractivity contribution in [3.63, 3.8) is 0 Å². The number of hydrogen-bond donors (Lipinski definition) is 0. The Bertz CT molecular complexity index is 261. The predicted octanol–water partition coefficient (Wildman–Crippen LogP) is 3.19. The lowest BCUT2D eigenvalue weighted by atomic mass is 10.3. The van der Waals surface area contributed by atoms with Crippen molar-refractivity contribution in [2.75, 3.05) is 19.8 Å². The highest BCUT2D eigenvalue weighted by molar-refractivity contribution is 6.71. The molecule has 0 aromatic rings. The second-order valence-corrected chi connectivity index (χ2v) is 12.6. The van der Waals surface area contributed by atoms with Gasteiger partial charge in [0.05, 0.1) is 0 Å². The third-order valence-electron chi connectivity index (χ3n) is 2.38. The molecule has 20 heavy (non-hydrogen) atoms. The molecule has 0 saturated heterocycles. The van der Waals surface area contributed by atoms with E-state index in [2.05, 4.69) is 0 Å². The van der Waals surface area contributed by atoms with E-state index in [-0.39, 0.29) is 5.97 Å². The van der Waals surface area contributed by atoms with Gasteiger partial charge < -0.3 is 17.7 Å². The quantitative estimate of drug-likeness (QED) is 0.547. The average Bonchev–Trinajstić information content (AvgIpc) is 2.27. The van der Waals surface area contributed by atoms with Crippen molar-refractivity contribution >= 4 is 23.1 Å². The Hall–Kier alpha value is -0.216. The third kappa shape index (κ3) is 8.86. The lowest BCUT2D eigenvalue weighted by Gasteiger charge is -2.28. The highest BCUT2D eigenvalue weighted by Crippen LogP contribution is 2.20. The molecule has 0 aliphatic rings. The van der Waals surface area contributed by atoms with Gasteiger partial charge in [-0.2, -0.15) is 0 Å². The monoisotopic (exact) mass is 322 g/mol. The molecule has 0 aromatic carbocycles. The van der Waals surface area contributed by atoms with Crippen LogP contribution < -0.4 is 0 Å². The van der Waals surface area contributed by atoms with Gasteiger partial charge in [0.2, 0.25) is 8.32 Å². The molecule has 0 aromatic heterocycles. The fourth-order valence-electron chi connectivity index (χ4n) is 1.84. The van der Waals surface area contributed by atoms with Crippen LogP contribution in [0.25, 0.3) is 0 Å². The molecular weight excluding hydrogens is 292 g/mol. The topological polar surface area (TPSA) is 54.0 Å². The summed E-state index contributed by atoms with van der Waals surface area (Å²) in [5, 5.41) is 0. The summed E-state index contributed by atoms with van der Waals surface area (Å²) in [5.41, 5.74) is 0. The van der Waals surface area contributed by atoms with E-state index in [1.807, 2.05) is 40.4 Å². The molecule has 0 saturated carbocycles. The van der Waals surface area contributed by atoms with E-state index >= 15 is 0 Å². The van der Waals surface area contributed by atoms with Gasteiger partial charge in [-0.25, -0.2) is 0 Å². The number of carbonyl (C=O) groups is 1. The lowest BCUT2D eigenvalue weighted by Crippen LogP contribution is -2.46. The molecule has 0 amide bonds. The van der Waals surface area contributed by atoms with E-state index < -0.39 is 17.1 Å². The van der Waals surface area contributed by atoms with Crippen LogP contribution in [-0.4, -0.2) is 42.9 Å². The van der Waals surface area contributed by atoms with Crippen LogP contribution in [0.2, 0.25) is 25.7 Å². The summed E-state index contributed by atoms with van der Waals surface area (Å²) in [4.78, 5) is 11.7. The summed E-state index contributed by atoms with van der Waals surface area (Å²) in [6, 6.07) is 0.656. The first kappa shape index (κ1) is 19.8. The van der Waals surface area contributed by atoms with Gasteiger partial charge in [-0.15, -0.1) is 0 Å². The zero-order valence-corrected chi connectivity index (χ0v) is 15.8. The van der Waals surface area contributed by atoms with E-state index in [1.165, 1.54) is 0 Å². The van der Waals surface area contributed by atoms with Crippen LogP contribution in [0.5, 0.6) is 0 Å². The molecule has 0 heterocycles. The Morgan fingerprint density at radius 3 is 1.70 bits per heavy atom. The molecule has 0 radical (unpaired) electrons. The van der Waals surface area contributed by atoms with Gasteiger partial charge in [-0.3, -0.25) is 4.79 Å². The molecule has 0 aliphatic heterocycles. The maximum Gasteiger partial charge on any atom is 0.500 e. The third-order valence-corrected chi connectivity index (χ3v) is 6.37. The maximum absolute atomic E-state index is 11.7. The molecule has 0 rings (SSSR count). The first-order valence-corrected chi connectivity index (χ1v) is 12.8. The van der Waals surface area contributed by atoms with Crippen molar-refractivity contribution in [1.29, 1.82) is 0 Å². The minimum absolute atomic E-state index is 0.128. The van der Waals surface area contributed by atoms with Crippen LogP contribution in [0, 0.1) is 0 Å². The van der Waals surface area contributed by atoms with Crippen molar-refractivity contribution in [1.82, 2.24) is 0 Å². The number of hydrogen-bond acceptors (Lipinski definition) is 5. The maximum atomic E-state index is 11.7. The van der Waals surface area contributed by atoms with Crippen LogP contribution in [-0.2, 0) is 22.5 Å². The lowest BCUT2D eigenvalue weighted by molar-refractivity contribution is -0.135. The van der Waals surface area contributed by atoms with Crippen molar-refractivity contribution in [3.05, 3.63) is 0 Å². The van der Waals surface area contributed by atoms with Crippen LogP contribution in [0.3, 0.4) is 0 Å². The molecule has 0 atom stereocenters. The molecule has 0 aliphatic carbocycles. The Labute approximate surface area is 125 Å². The van der Waals surface area contributed by atoms with Crippen LogP contribution in [0.15, 0.2) is 0 Å². The summed E-state index contributed by atoms with van der Waals surface area (Å²) in [6.45, 7) is 13.5. The average molecular weight is 323 g/mol. The van der Waals surface area contributed by atoms with Gasteiger partial charge in [0.1, 0.15) is 0 Å². The Balaban J connectivity index is 4.34. The van der Waals surface area contributed by atoms with Gasteiger partial charge in [0, 0.05) is 32.3 Å². The fraction of sp³-hybridized carbons (Fsp3) is 0.923. The summed E-state index contributed by atoms with van der Waals surface area (Å²) < 4.78 is 22.7. The molecule has 0 N–H and O–H groups in total. The minimum Gasteiger partial charge on any atom is -0.520 e. The SMILES string of the molecule is CCO[Si](CCCC(=O)O[Si](C)(C)C)(OCC)OCC. The van der Waals surface area contributed by atoms with Crippen molar-refractivity contribution in [2.45, 2.75) is 59.3 Å². The molecule has 5 nitrogen and oxygen atoms in total. The highest BCUT2D eigenvalue weighted by Gasteiger charge is 2.39. The van der Waals surface area contributed by atoms with E-state index in [0.717, 1.165) is 0 Å². The van der Waals surface area contributed by atoms with E-state index in [4.69, 9.17) is 17.7 Å². The Morgan fingerprint density at radius 2 is 1.35 bits per heavy atom. The Kier molecular flexibility index (Phi) is 9.57. The summed E-state index contributed by atoms with van der Waals surface area (Å²) >= 11 is 0. The minimum atomic E-state index is -2.62. The van der Waals surface area contributed by atoms with Gasteiger partial charge in [0.25, 0.3) is 5.97 Å². The van der Waals surface area contributed by atoms with Gasteiger partial charge in [0.15, 0.2) is 0 Å². The van der Waals surface area contributed by atoms with Crippen LogP contribution >= 0.6 is 0 Å². The van der Waals surface area contributed by atoms with Crippen molar-refractivity contribution in [3.8, 4) is 0 Å². The van der Waals surface area contributed by atoms with Gasteiger partial charge >= 0.3 is 8.80 Å². The Morgan fingerprint density at radius 1 is 0.900 bits per heavy atom. The molecule has 120 valence electrons. The zero-order chi connectivity index (χ0) is 15.6. The molecule has 0 spiro atoms. The predicted molar refractivity (Wildman–Crippen MR) is 84.1 cm³/mol. The van der Waals surface area contributed by atoms with E-state index in [1.54, 1.807) is 0 Å². The summed E-state index contributed by atoms with van der Waals surface area (Å²) in [5.74, 6) is -0.128. The molecule has 0 bridgehead atoms. The second kappa shape index (κ2) is 9.67. The second-order valence-electron chi connectivity index (χ2n) is 5.42. The van der Waals surface area contributed by atoms with Crippen molar-refractivity contribution < 1.29 is 22.5 Å². The fourth-order valence-corrected chi connectivity index (χ4v) is 5.24. The number of rotatable bonds is 11. The normalized spacial score (nSPS) is 12.5. The molecule has 0 unspecified atom stereocenters. The zero-order valence-electron chi connectivity index (χ0n) is 13.8. The highest BCUT2D eigenvalue weighted by atomic mass is 28.4. The molecular formula is C13H30O5Si2.